The Kier molecular flexibility index (Phi) is 4.65. The quantitative estimate of drug-likeness (QED) is 0.917. The van der Waals surface area contributed by atoms with Gasteiger partial charge in [-0.25, -0.2) is 0 Å². The van der Waals surface area contributed by atoms with Crippen LogP contribution in [0.4, 0.5) is 0 Å². The number of para-hydroxylation sites is 1. The first kappa shape index (κ1) is 14.3. The minimum atomic E-state index is 0.802. The van der Waals surface area contributed by atoms with Crippen LogP contribution in [-0.4, -0.2) is 21.5 Å². The molecule has 4 heteroatoms. The molecule has 0 radical (unpaired) electrons. The second kappa shape index (κ2) is 6.85. The van der Waals surface area contributed by atoms with Crippen molar-refractivity contribution in [2.75, 3.05) is 6.54 Å². The molecular formula is C17H24N4. The Morgan fingerprint density at radius 1 is 1.19 bits per heavy atom. The van der Waals surface area contributed by atoms with E-state index in [1.54, 1.807) is 4.80 Å². The van der Waals surface area contributed by atoms with Crippen molar-refractivity contribution in [1.82, 2.24) is 20.3 Å². The summed E-state index contributed by atoms with van der Waals surface area (Å²) >= 11 is 0. The minimum absolute atomic E-state index is 0.802. The van der Waals surface area contributed by atoms with E-state index in [1.807, 2.05) is 36.5 Å². The SMILES string of the molecule is CC1CCCCC1CNCc1cnn(-c2ccccc2)n1. The van der Waals surface area contributed by atoms with E-state index in [2.05, 4.69) is 22.4 Å². The molecule has 1 aliphatic rings. The van der Waals surface area contributed by atoms with E-state index in [-0.39, 0.29) is 0 Å². The molecule has 2 aromatic rings. The van der Waals surface area contributed by atoms with Gasteiger partial charge in [0.1, 0.15) is 0 Å². The summed E-state index contributed by atoms with van der Waals surface area (Å²) in [6.07, 6.45) is 7.40. The Balaban J connectivity index is 1.51. The molecule has 0 amide bonds. The third-order valence-corrected chi connectivity index (χ3v) is 4.53. The fourth-order valence-corrected chi connectivity index (χ4v) is 3.14. The van der Waals surface area contributed by atoms with Crippen LogP contribution in [0.15, 0.2) is 36.5 Å². The van der Waals surface area contributed by atoms with E-state index in [4.69, 9.17) is 0 Å². The summed E-state index contributed by atoms with van der Waals surface area (Å²) in [4.78, 5) is 1.69. The second-order valence-electron chi connectivity index (χ2n) is 6.11. The molecule has 0 aliphatic heterocycles. The molecule has 21 heavy (non-hydrogen) atoms. The van der Waals surface area contributed by atoms with Gasteiger partial charge < -0.3 is 5.32 Å². The number of aromatic nitrogens is 3. The van der Waals surface area contributed by atoms with Gasteiger partial charge in [-0.1, -0.05) is 44.4 Å². The highest BCUT2D eigenvalue weighted by atomic mass is 15.5. The first-order valence-electron chi connectivity index (χ1n) is 8.00. The zero-order valence-corrected chi connectivity index (χ0v) is 12.7. The van der Waals surface area contributed by atoms with E-state index in [0.29, 0.717) is 0 Å². The highest BCUT2D eigenvalue weighted by Gasteiger charge is 2.20. The maximum absolute atomic E-state index is 4.53. The fourth-order valence-electron chi connectivity index (χ4n) is 3.14. The highest BCUT2D eigenvalue weighted by Crippen LogP contribution is 2.28. The third kappa shape index (κ3) is 3.70. The lowest BCUT2D eigenvalue weighted by Crippen LogP contribution is -2.29. The van der Waals surface area contributed by atoms with Crippen molar-refractivity contribution < 1.29 is 0 Å². The van der Waals surface area contributed by atoms with Gasteiger partial charge in [-0.15, -0.1) is 0 Å². The predicted octanol–water partition coefficient (Wildman–Crippen LogP) is 3.18. The Labute approximate surface area is 126 Å². The third-order valence-electron chi connectivity index (χ3n) is 4.53. The van der Waals surface area contributed by atoms with E-state index in [1.165, 1.54) is 25.7 Å². The summed E-state index contributed by atoms with van der Waals surface area (Å²) in [5.74, 6) is 1.68. The number of hydrogen-bond acceptors (Lipinski definition) is 3. The summed E-state index contributed by atoms with van der Waals surface area (Å²) in [6, 6.07) is 10.0. The van der Waals surface area contributed by atoms with Crippen molar-refractivity contribution in [3.05, 3.63) is 42.2 Å². The number of benzene rings is 1. The van der Waals surface area contributed by atoms with Gasteiger partial charge in [0.25, 0.3) is 0 Å². The predicted molar refractivity (Wildman–Crippen MR) is 84.2 cm³/mol. The van der Waals surface area contributed by atoms with Crippen LogP contribution >= 0.6 is 0 Å². The fraction of sp³-hybridized carbons (Fsp3) is 0.529. The molecule has 0 saturated heterocycles. The van der Waals surface area contributed by atoms with Crippen molar-refractivity contribution >= 4 is 0 Å². The van der Waals surface area contributed by atoms with Gasteiger partial charge in [0.05, 0.1) is 17.6 Å². The smallest absolute Gasteiger partial charge is 0.0969 e. The molecule has 3 rings (SSSR count). The Morgan fingerprint density at radius 2 is 2.00 bits per heavy atom. The van der Waals surface area contributed by atoms with Gasteiger partial charge in [-0.3, -0.25) is 0 Å². The van der Waals surface area contributed by atoms with Crippen molar-refractivity contribution in [2.24, 2.45) is 11.8 Å². The zero-order valence-electron chi connectivity index (χ0n) is 12.7. The number of nitrogens with one attached hydrogen (secondary N) is 1. The Hall–Kier alpha value is -1.68. The van der Waals surface area contributed by atoms with Crippen LogP contribution in [-0.2, 0) is 6.54 Å². The largest absolute Gasteiger partial charge is 0.311 e. The molecule has 2 unspecified atom stereocenters. The lowest BCUT2D eigenvalue weighted by atomic mass is 9.80. The van der Waals surface area contributed by atoms with Crippen molar-refractivity contribution in [3.63, 3.8) is 0 Å². The van der Waals surface area contributed by atoms with Crippen molar-refractivity contribution in [1.29, 1.82) is 0 Å². The maximum atomic E-state index is 4.53. The summed E-state index contributed by atoms with van der Waals surface area (Å²) < 4.78 is 0. The van der Waals surface area contributed by atoms with Crippen LogP contribution < -0.4 is 5.32 Å². The molecule has 112 valence electrons. The standard InChI is InChI=1S/C17H24N4/c1-14-7-5-6-8-15(14)11-18-12-16-13-19-21(20-16)17-9-3-2-4-10-17/h2-4,9-10,13-15,18H,5-8,11-12H2,1H3. The summed E-state index contributed by atoms with van der Waals surface area (Å²) in [5, 5.41) is 12.4. The van der Waals surface area contributed by atoms with E-state index in [9.17, 15) is 0 Å². The van der Waals surface area contributed by atoms with Crippen molar-refractivity contribution in [2.45, 2.75) is 39.2 Å². The van der Waals surface area contributed by atoms with Gasteiger partial charge in [0, 0.05) is 6.54 Å². The molecule has 1 N–H and O–H groups in total. The first-order chi connectivity index (χ1) is 10.3. The maximum Gasteiger partial charge on any atom is 0.0969 e. The molecular weight excluding hydrogens is 260 g/mol. The topological polar surface area (TPSA) is 42.7 Å². The molecule has 0 spiro atoms. The van der Waals surface area contributed by atoms with Gasteiger partial charge in [0.15, 0.2) is 0 Å². The van der Waals surface area contributed by atoms with Crippen LogP contribution in [0.25, 0.3) is 5.69 Å². The zero-order chi connectivity index (χ0) is 14.5. The number of hydrogen-bond donors (Lipinski definition) is 1. The average molecular weight is 284 g/mol. The Bertz CT molecular complexity index is 549. The molecule has 4 nitrogen and oxygen atoms in total. The molecule has 2 atom stereocenters. The van der Waals surface area contributed by atoms with Crippen LogP contribution in [0.3, 0.4) is 0 Å². The minimum Gasteiger partial charge on any atom is -0.311 e. The monoisotopic (exact) mass is 284 g/mol. The molecule has 1 aromatic heterocycles. The second-order valence-corrected chi connectivity index (χ2v) is 6.11. The van der Waals surface area contributed by atoms with Crippen LogP contribution in [0.2, 0.25) is 0 Å². The summed E-state index contributed by atoms with van der Waals surface area (Å²) in [7, 11) is 0. The van der Waals surface area contributed by atoms with E-state index >= 15 is 0 Å². The van der Waals surface area contributed by atoms with Crippen LogP contribution in [0.1, 0.15) is 38.3 Å². The molecule has 1 heterocycles. The molecule has 1 aliphatic carbocycles. The molecule has 1 aromatic carbocycles. The normalized spacial score (nSPS) is 22.3. The molecule has 1 saturated carbocycles. The van der Waals surface area contributed by atoms with E-state index < -0.39 is 0 Å². The van der Waals surface area contributed by atoms with Gasteiger partial charge in [-0.05, 0) is 36.9 Å². The van der Waals surface area contributed by atoms with Gasteiger partial charge >= 0.3 is 0 Å². The van der Waals surface area contributed by atoms with Gasteiger partial charge in [0.2, 0.25) is 0 Å². The average Bonchev–Trinajstić information content (AvgIpc) is 2.99. The first-order valence-corrected chi connectivity index (χ1v) is 8.00. The van der Waals surface area contributed by atoms with Crippen LogP contribution in [0, 0.1) is 11.8 Å². The molecule has 1 fully saturated rings. The van der Waals surface area contributed by atoms with E-state index in [0.717, 1.165) is 36.3 Å². The Morgan fingerprint density at radius 3 is 2.81 bits per heavy atom. The highest BCUT2D eigenvalue weighted by molar-refractivity contribution is 5.28. The summed E-state index contributed by atoms with van der Waals surface area (Å²) in [5.41, 5.74) is 2.01. The number of rotatable bonds is 5. The summed E-state index contributed by atoms with van der Waals surface area (Å²) in [6.45, 7) is 4.28. The van der Waals surface area contributed by atoms with Crippen LogP contribution in [0.5, 0.6) is 0 Å². The number of nitrogens with zero attached hydrogens (tertiary/aromatic N) is 3. The van der Waals surface area contributed by atoms with Crippen molar-refractivity contribution in [3.8, 4) is 5.69 Å². The lowest BCUT2D eigenvalue weighted by Gasteiger charge is -2.28. The van der Waals surface area contributed by atoms with Gasteiger partial charge in [-0.2, -0.15) is 15.0 Å². The lowest BCUT2D eigenvalue weighted by molar-refractivity contribution is 0.247. The molecule has 0 bridgehead atoms.